The van der Waals surface area contributed by atoms with Crippen molar-refractivity contribution < 1.29 is 18.7 Å². The summed E-state index contributed by atoms with van der Waals surface area (Å²) in [6.07, 6.45) is 1.54. The number of imide groups is 1. The maximum absolute atomic E-state index is 12.3. The Morgan fingerprint density at radius 1 is 1.24 bits per heavy atom. The lowest BCUT2D eigenvalue weighted by Crippen LogP contribution is -2.31. The summed E-state index contributed by atoms with van der Waals surface area (Å²) in [5.41, 5.74) is 0.655. The van der Waals surface area contributed by atoms with Crippen LogP contribution in [0.25, 0.3) is 17.4 Å². The Bertz CT molecular complexity index is 862. The first-order valence-electron chi connectivity index (χ1n) is 7.30. The molecule has 8 heteroatoms. The molecule has 0 aliphatic carbocycles. The number of amides is 2. The lowest BCUT2D eigenvalue weighted by atomic mass is 10.2. The van der Waals surface area contributed by atoms with Crippen molar-refractivity contribution in [1.29, 1.82) is 0 Å². The van der Waals surface area contributed by atoms with E-state index in [0.717, 1.165) is 16.7 Å². The molecule has 1 fully saturated rings. The monoisotopic (exact) mass is 397 g/mol. The van der Waals surface area contributed by atoms with Gasteiger partial charge in [-0.3, -0.25) is 14.5 Å². The molecule has 1 aliphatic rings. The highest BCUT2D eigenvalue weighted by Gasteiger charge is 2.34. The molecule has 2 amide bonds. The van der Waals surface area contributed by atoms with Gasteiger partial charge in [-0.2, -0.15) is 0 Å². The van der Waals surface area contributed by atoms with E-state index in [0.29, 0.717) is 38.6 Å². The molecule has 0 unspecified atom stereocenters. The number of halogens is 2. The Hall–Kier alpha value is -1.73. The fourth-order valence-corrected chi connectivity index (χ4v) is 3.51. The van der Waals surface area contributed by atoms with E-state index in [1.165, 1.54) is 7.11 Å². The number of benzene rings is 1. The lowest BCUT2D eigenvalue weighted by molar-refractivity contribution is -0.123. The van der Waals surface area contributed by atoms with E-state index in [2.05, 4.69) is 0 Å². The topological polar surface area (TPSA) is 59.8 Å². The summed E-state index contributed by atoms with van der Waals surface area (Å²) in [7, 11) is 1.51. The molecule has 5 nitrogen and oxygen atoms in total. The van der Waals surface area contributed by atoms with Crippen molar-refractivity contribution in [3.63, 3.8) is 0 Å². The molecule has 130 valence electrons. The summed E-state index contributed by atoms with van der Waals surface area (Å²) in [6.45, 7) is 0.517. The summed E-state index contributed by atoms with van der Waals surface area (Å²) in [5.74, 6) is 0.617. The van der Waals surface area contributed by atoms with E-state index in [9.17, 15) is 9.59 Å². The minimum Gasteiger partial charge on any atom is -0.457 e. The summed E-state index contributed by atoms with van der Waals surface area (Å²) in [5, 5.41) is 0.499. The first kappa shape index (κ1) is 18.1. The molecule has 2 aromatic rings. The third kappa shape index (κ3) is 3.77. The molecule has 0 radical (unpaired) electrons. The molecular formula is C17H13Cl2NO4S. The Kier molecular flexibility index (Phi) is 5.54. The molecule has 0 bridgehead atoms. The quantitative estimate of drug-likeness (QED) is 0.668. The molecule has 0 atom stereocenters. The third-order valence-corrected chi connectivity index (χ3v) is 5.24. The molecule has 0 spiro atoms. The van der Waals surface area contributed by atoms with Crippen LogP contribution >= 0.6 is 35.0 Å². The fraction of sp³-hybridized carbons (Fsp3) is 0.176. The second kappa shape index (κ2) is 7.66. The highest BCUT2D eigenvalue weighted by molar-refractivity contribution is 8.18. The Balaban J connectivity index is 1.84. The average Bonchev–Trinajstić information content (AvgIpc) is 3.14. The van der Waals surface area contributed by atoms with Gasteiger partial charge >= 0.3 is 0 Å². The van der Waals surface area contributed by atoms with Crippen molar-refractivity contribution in [2.45, 2.75) is 0 Å². The van der Waals surface area contributed by atoms with Gasteiger partial charge in [0.25, 0.3) is 11.1 Å². The Labute approximate surface area is 158 Å². The number of carbonyl (C=O) groups excluding carboxylic acids is 2. The average molecular weight is 398 g/mol. The van der Waals surface area contributed by atoms with Crippen LogP contribution in [0.4, 0.5) is 4.79 Å². The predicted octanol–water partition coefficient (Wildman–Crippen LogP) is 4.94. The van der Waals surface area contributed by atoms with E-state index in [-0.39, 0.29) is 17.7 Å². The summed E-state index contributed by atoms with van der Waals surface area (Å²) in [4.78, 5) is 25.6. The van der Waals surface area contributed by atoms with Crippen LogP contribution in [0.5, 0.6) is 0 Å². The van der Waals surface area contributed by atoms with Gasteiger partial charge in [-0.1, -0.05) is 29.3 Å². The van der Waals surface area contributed by atoms with Gasteiger partial charge in [0.1, 0.15) is 11.5 Å². The number of ether oxygens (including phenoxy) is 1. The summed E-state index contributed by atoms with van der Waals surface area (Å²) >= 11 is 13.1. The van der Waals surface area contributed by atoms with Crippen molar-refractivity contribution in [2.24, 2.45) is 0 Å². The van der Waals surface area contributed by atoms with E-state index in [1.807, 2.05) is 0 Å². The van der Waals surface area contributed by atoms with Crippen molar-refractivity contribution >= 4 is 52.2 Å². The maximum Gasteiger partial charge on any atom is 0.293 e. The smallest absolute Gasteiger partial charge is 0.293 e. The standard InChI is InChI=1S/C17H13Cl2NO4S/c1-23-8-7-20-16(21)14(25-17(20)22)9-10-5-6-13(24-10)11-3-2-4-12(18)15(11)19/h2-6,9H,7-8H2,1H3/b14-9-. The van der Waals surface area contributed by atoms with Crippen LogP contribution < -0.4 is 0 Å². The van der Waals surface area contributed by atoms with Crippen LogP contribution in [0.3, 0.4) is 0 Å². The maximum atomic E-state index is 12.3. The van der Waals surface area contributed by atoms with Crippen LogP contribution in [-0.4, -0.2) is 36.3 Å². The van der Waals surface area contributed by atoms with Gasteiger partial charge in [-0.05, 0) is 36.0 Å². The van der Waals surface area contributed by atoms with Crippen molar-refractivity contribution in [1.82, 2.24) is 4.90 Å². The van der Waals surface area contributed by atoms with Gasteiger partial charge in [0.2, 0.25) is 0 Å². The van der Waals surface area contributed by atoms with Crippen LogP contribution in [0, 0.1) is 0 Å². The number of rotatable bonds is 5. The van der Waals surface area contributed by atoms with Crippen molar-refractivity contribution in [3.05, 3.63) is 51.0 Å². The van der Waals surface area contributed by atoms with Gasteiger partial charge in [-0.15, -0.1) is 0 Å². The van der Waals surface area contributed by atoms with E-state index in [1.54, 1.807) is 36.4 Å². The molecule has 1 saturated heterocycles. The predicted molar refractivity (Wildman–Crippen MR) is 98.7 cm³/mol. The largest absolute Gasteiger partial charge is 0.457 e. The number of nitrogens with zero attached hydrogens (tertiary/aromatic N) is 1. The molecule has 1 aromatic heterocycles. The Morgan fingerprint density at radius 3 is 2.80 bits per heavy atom. The number of carbonyl (C=O) groups is 2. The van der Waals surface area contributed by atoms with Gasteiger partial charge in [0.05, 0.1) is 28.1 Å². The van der Waals surface area contributed by atoms with Crippen LogP contribution in [0.15, 0.2) is 39.7 Å². The fourth-order valence-electron chi connectivity index (χ4n) is 2.27. The number of methoxy groups -OCH3 is 1. The zero-order valence-electron chi connectivity index (χ0n) is 13.1. The summed E-state index contributed by atoms with van der Waals surface area (Å²) in [6, 6.07) is 8.68. The zero-order valence-corrected chi connectivity index (χ0v) is 15.5. The van der Waals surface area contributed by atoms with Crippen molar-refractivity contribution in [2.75, 3.05) is 20.3 Å². The number of thioether (sulfide) groups is 1. The first-order chi connectivity index (χ1) is 12.0. The number of hydrogen-bond donors (Lipinski definition) is 0. The minimum absolute atomic E-state index is 0.222. The number of hydrogen-bond acceptors (Lipinski definition) is 5. The molecular weight excluding hydrogens is 385 g/mol. The molecule has 1 aliphatic heterocycles. The zero-order chi connectivity index (χ0) is 18.0. The van der Waals surface area contributed by atoms with Crippen LogP contribution in [-0.2, 0) is 9.53 Å². The number of furan rings is 1. The lowest BCUT2D eigenvalue weighted by Gasteiger charge is -2.10. The second-order valence-electron chi connectivity index (χ2n) is 5.13. The molecule has 0 saturated carbocycles. The first-order valence-corrected chi connectivity index (χ1v) is 8.87. The molecule has 0 N–H and O–H groups in total. The highest BCUT2D eigenvalue weighted by Crippen LogP contribution is 2.36. The second-order valence-corrected chi connectivity index (χ2v) is 6.91. The SMILES string of the molecule is COCCN1C(=O)S/C(=C\c2ccc(-c3cccc(Cl)c3Cl)o2)C1=O. The normalized spacial score (nSPS) is 16.3. The molecule has 2 heterocycles. The van der Waals surface area contributed by atoms with Gasteiger partial charge in [0, 0.05) is 18.7 Å². The third-order valence-electron chi connectivity index (χ3n) is 3.51. The van der Waals surface area contributed by atoms with Crippen molar-refractivity contribution in [3.8, 4) is 11.3 Å². The minimum atomic E-state index is -0.356. The van der Waals surface area contributed by atoms with E-state index >= 15 is 0 Å². The molecule has 3 rings (SSSR count). The van der Waals surface area contributed by atoms with Gasteiger partial charge < -0.3 is 9.15 Å². The van der Waals surface area contributed by atoms with Gasteiger partial charge in [0.15, 0.2) is 0 Å². The van der Waals surface area contributed by atoms with Crippen LogP contribution in [0.2, 0.25) is 10.0 Å². The van der Waals surface area contributed by atoms with E-state index < -0.39 is 0 Å². The van der Waals surface area contributed by atoms with Gasteiger partial charge in [-0.25, -0.2) is 0 Å². The Morgan fingerprint density at radius 2 is 2.04 bits per heavy atom. The van der Waals surface area contributed by atoms with E-state index in [4.69, 9.17) is 32.4 Å². The molecule has 25 heavy (non-hydrogen) atoms. The highest BCUT2D eigenvalue weighted by atomic mass is 35.5. The summed E-state index contributed by atoms with van der Waals surface area (Å²) < 4.78 is 10.6. The van der Waals surface area contributed by atoms with Crippen LogP contribution in [0.1, 0.15) is 5.76 Å². The molecule has 1 aromatic carbocycles.